The van der Waals surface area contributed by atoms with E-state index in [4.69, 9.17) is 10.2 Å². The summed E-state index contributed by atoms with van der Waals surface area (Å²) < 4.78 is 0. The van der Waals surface area contributed by atoms with Crippen molar-refractivity contribution in [1.82, 2.24) is 4.98 Å². The smallest absolute Gasteiger partial charge is 0.335 e. The molecule has 0 aromatic carbocycles. The predicted octanol–water partition coefficient (Wildman–Crippen LogP) is 0.573. The fourth-order valence-electron chi connectivity index (χ4n) is 0.913. The lowest BCUT2D eigenvalue weighted by atomic mass is 10.2. The molecule has 3 N–H and O–H groups in total. The number of carbonyl (C=O) groups is 1. The van der Waals surface area contributed by atoms with E-state index in [-0.39, 0.29) is 5.56 Å². The van der Waals surface area contributed by atoms with Gasteiger partial charge in [-0.05, 0) is 19.1 Å². The summed E-state index contributed by atoms with van der Waals surface area (Å²) in [7, 11) is 0. The summed E-state index contributed by atoms with van der Waals surface area (Å²) >= 11 is 0. The average molecular weight is 196 g/mol. The Morgan fingerprint density at radius 3 is 3.00 bits per heavy atom. The highest BCUT2D eigenvalue weighted by Crippen LogP contribution is 2.06. The summed E-state index contributed by atoms with van der Waals surface area (Å²) in [5, 5.41) is 20.5. The minimum Gasteiger partial charge on any atom is -0.478 e. The zero-order chi connectivity index (χ0) is 10.6. The molecule has 0 saturated carbocycles. The quantitative estimate of drug-likeness (QED) is 0.655. The van der Waals surface area contributed by atoms with Gasteiger partial charge >= 0.3 is 5.97 Å². The van der Waals surface area contributed by atoms with Crippen LogP contribution in [-0.4, -0.2) is 33.8 Å². The number of nitrogens with one attached hydrogen (secondary N) is 1. The van der Waals surface area contributed by atoms with E-state index >= 15 is 0 Å². The average Bonchev–Trinajstić information content (AvgIpc) is 2.15. The normalized spacial score (nSPS) is 12.1. The number of aromatic nitrogens is 1. The van der Waals surface area contributed by atoms with Crippen LogP contribution >= 0.6 is 0 Å². The van der Waals surface area contributed by atoms with Gasteiger partial charge in [0, 0.05) is 12.7 Å². The molecule has 0 fully saturated rings. The molecule has 0 amide bonds. The summed E-state index contributed by atoms with van der Waals surface area (Å²) in [5.41, 5.74) is 0.174. The van der Waals surface area contributed by atoms with Gasteiger partial charge in [0.2, 0.25) is 0 Å². The van der Waals surface area contributed by atoms with E-state index in [1.54, 1.807) is 6.92 Å². The van der Waals surface area contributed by atoms with E-state index in [2.05, 4.69) is 10.3 Å². The Hall–Kier alpha value is -1.62. The van der Waals surface area contributed by atoms with Crippen LogP contribution in [0.3, 0.4) is 0 Å². The fourth-order valence-corrected chi connectivity index (χ4v) is 0.913. The third-order valence-electron chi connectivity index (χ3n) is 1.59. The van der Waals surface area contributed by atoms with Crippen LogP contribution < -0.4 is 5.32 Å². The first kappa shape index (κ1) is 10.5. The maximum Gasteiger partial charge on any atom is 0.335 e. The number of rotatable bonds is 4. The molecule has 76 valence electrons. The van der Waals surface area contributed by atoms with Crippen LogP contribution in [0, 0.1) is 0 Å². The zero-order valence-corrected chi connectivity index (χ0v) is 7.77. The van der Waals surface area contributed by atoms with Crippen LogP contribution in [0.5, 0.6) is 0 Å². The Morgan fingerprint density at radius 2 is 2.43 bits per heavy atom. The topological polar surface area (TPSA) is 82.5 Å². The van der Waals surface area contributed by atoms with E-state index in [1.165, 1.54) is 18.3 Å². The molecule has 1 atom stereocenters. The molecule has 5 nitrogen and oxygen atoms in total. The first-order chi connectivity index (χ1) is 6.59. The molecular weight excluding hydrogens is 184 g/mol. The number of aromatic carboxylic acids is 1. The number of carboxylic acid groups (broad SMARTS) is 1. The van der Waals surface area contributed by atoms with Gasteiger partial charge in [0.1, 0.15) is 5.82 Å². The summed E-state index contributed by atoms with van der Waals surface area (Å²) in [6.07, 6.45) is 0.915. The maximum absolute atomic E-state index is 10.6. The van der Waals surface area contributed by atoms with Crippen molar-refractivity contribution in [2.75, 3.05) is 11.9 Å². The first-order valence-electron chi connectivity index (χ1n) is 4.21. The minimum absolute atomic E-state index is 0.174. The van der Waals surface area contributed by atoms with Gasteiger partial charge in [0.05, 0.1) is 11.7 Å². The van der Waals surface area contributed by atoms with Crippen LogP contribution in [0.15, 0.2) is 18.3 Å². The van der Waals surface area contributed by atoms with Gasteiger partial charge < -0.3 is 15.5 Å². The third kappa shape index (κ3) is 3.02. The van der Waals surface area contributed by atoms with E-state index in [1.807, 2.05) is 0 Å². The minimum atomic E-state index is -0.993. The van der Waals surface area contributed by atoms with Gasteiger partial charge in [-0.15, -0.1) is 0 Å². The number of anilines is 1. The lowest BCUT2D eigenvalue weighted by molar-refractivity contribution is 0.0697. The predicted molar refractivity (Wildman–Crippen MR) is 51.4 cm³/mol. The highest BCUT2D eigenvalue weighted by molar-refractivity contribution is 5.88. The van der Waals surface area contributed by atoms with Gasteiger partial charge in [-0.25, -0.2) is 9.78 Å². The molecule has 1 unspecified atom stereocenters. The largest absolute Gasteiger partial charge is 0.478 e. The molecule has 0 aliphatic rings. The number of hydrogen-bond donors (Lipinski definition) is 3. The summed E-state index contributed by atoms with van der Waals surface area (Å²) in [5.74, 6) is -0.543. The van der Waals surface area contributed by atoms with Crippen molar-refractivity contribution in [2.45, 2.75) is 13.0 Å². The molecule has 1 aromatic heterocycles. The molecule has 0 bridgehead atoms. The van der Waals surface area contributed by atoms with Crippen molar-refractivity contribution < 1.29 is 15.0 Å². The second-order valence-electron chi connectivity index (χ2n) is 2.96. The molecule has 0 spiro atoms. The second-order valence-corrected chi connectivity index (χ2v) is 2.96. The van der Waals surface area contributed by atoms with Gasteiger partial charge in [0.15, 0.2) is 0 Å². The number of aliphatic hydroxyl groups excluding tert-OH is 1. The number of hydrogen-bond acceptors (Lipinski definition) is 4. The van der Waals surface area contributed by atoms with Gasteiger partial charge in [-0.1, -0.05) is 0 Å². The molecule has 0 saturated heterocycles. The molecule has 0 radical (unpaired) electrons. The monoisotopic (exact) mass is 196 g/mol. The number of carboxylic acids is 1. The fraction of sp³-hybridized carbons (Fsp3) is 0.333. The second kappa shape index (κ2) is 4.57. The Balaban J connectivity index is 2.69. The summed E-state index contributed by atoms with van der Waals surface area (Å²) in [4.78, 5) is 14.5. The molecule has 5 heteroatoms. The molecule has 14 heavy (non-hydrogen) atoms. The maximum atomic E-state index is 10.6. The third-order valence-corrected chi connectivity index (χ3v) is 1.59. The Bertz CT molecular complexity index is 326. The Labute approximate surface area is 81.4 Å². The van der Waals surface area contributed by atoms with Gasteiger partial charge in [0.25, 0.3) is 0 Å². The van der Waals surface area contributed by atoms with Crippen LogP contribution in [0.4, 0.5) is 5.82 Å². The highest BCUT2D eigenvalue weighted by Gasteiger charge is 2.04. The molecule has 0 aliphatic carbocycles. The van der Waals surface area contributed by atoms with E-state index in [0.717, 1.165) is 0 Å². The lowest BCUT2D eigenvalue weighted by Crippen LogP contribution is -2.16. The Morgan fingerprint density at radius 1 is 1.71 bits per heavy atom. The van der Waals surface area contributed by atoms with Crippen molar-refractivity contribution in [3.05, 3.63) is 23.9 Å². The SMILES string of the molecule is CC(O)CNc1cc(C(=O)O)ccn1. The van der Waals surface area contributed by atoms with Gasteiger partial charge in [-0.2, -0.15) is 0 Å². The van der Waals surface area contributed by atoms with Crippen LogP contribution in [0.1, 0.15) is 17.3 Å². The van der Waals surface area contributed by atoms with Crippen molar-refractivity contribution in [3.8, 4) is 0 Å². The summed E-state index contributed by atoms with van der Waals surface area (Å²) in [6.45, 7) is 1.98. The first-order valence-corrected chi connectivity index (χ1v) is 4.21. The van der Waals surface area contributed by atoms with E-state index in [0.29, 0.717) is 12.4 Å². The van der Waals surface area contributed by atoms with Crippen molar-refractivity contribution in [3.63, 3.8) is 0 Å². The number of nitrogens with zero attached hydrogens (tertiary/aromatic N) is 1. The van der Waals surface area contributed by atoms with Crippen LogP contribution in [0.2, 0.25) is 0 Å². The molecule has 0 aliphatic heterocycles. The zero-order valence-electron chi connectivity index (χ0n) is 7.77. The van der Waals surface area contributed by atoms with Crippen molar-refractivity contribution in [2.24, 2.45) is 0 Å². The van der Waals surface area contributed by atoms with Crippen molar-refractivity contribution in [1.29, 1.82) is 0 Å². The van der Waals surface area contributed by atoms with Gasteiger partial charge in [-0.3, -0.25) is 0 Å². The molecule has 1 heterocycles. The van der Waals surface area contributed by atoms with E-state index < -0.39 is 12.1 Å². The van der Waals surface area contributed by atoms with Crippen LogP contribution in [-0.2, 0) is 0 Å². The standard InChI is InChI=1S/C9H12N2O3/c1-6(12)5-11-8-4-7(9(13)14)2-3-10-8/h2-4,6,12H,5H2,1H3,(H,10,11)(H,13,14). The molecular formula is C9H12N2O3. The lowest BCUT2D eigenvalue weighted by Gasteiger charge is -2.07. The Kier molecular flexibility index (Phi) is 3.41. The van der Waals surface area contributed by atoms with E-state index in [9.17, 15) is 4.79 Å². The molecule has 1 rings (SSSR count). The van der Waals surface area contributed by atoms with Crippen molar-refractivity contribution >= 4 is 11.8 Å². The summed E-state index contributed by atoms with van der Waals surface area (Å²) in [6, 6.07) is 2.83. The number of pyridine rings is 1. The number of aliphatic hydroxyl groups is 1. The highest BCUT2D eigenvalue weighted by atomic mass is 16.4. The van der Waals surface area contributed by atoms with Crippen LogP contribution in [0.25, 0.3) is 0 Å². The molecule has 1 aromatic rings.